The second-order valence-electron chi connectivity index (χ2n) is 3.25. The van der Waals surface area contributed by atoms with Crippen LogP contribution in [0.2, 0.25) is 0 Å². The van der Waals surface area contributed by atoms with Crippen LogP contribution in [0.15, 0.2) is 37.5 Å². The minimum atomic E-state index is -0.872. The Labute approximate surface area is 119 Å². The molecule has 0 atom stereocenters. The first-order valence-electron chi connectivity index (χ1n) is 5.83. The van der Waals surface area contributed by atoms with E-state index in [0.717, 1.165) is 18.9 Å². The summed E-state index contributed by atoms with van der Waals surface area (Å²) in [7, 11) is 0. The highest BCUT2D eigenvalue weighted by Gasteiger charge is 2.00. The Kier molecular flexibility index (Phi) is 21.6. The molecule has 0 heterocycles. The highest BCUT2D eigenvalue weighted by atomic mass is 16.4. The van der Waals surface area contributed by atoms with Gasteiger partial charge in [0.2, 0.25) is 5.91 Å². The fraction of sp³-hybridized carbons (Fsp3) is 0.357. The maximum atomic E-state index is 10.1. The van der Waals surface area contributed by atoms with E-state index in [-0.39, 0.29) is 12.6 Å². The van der Waals surface area contributed by atoms with Gasteiger partial charge in [-0.2, -0.15) is 5.26 Å². The Hall–Kier alpha value is -2.39. The lowest BCUT2D eigenvalue weighted by molar-refractivity contribution is -0.132. The van der Waals surface area contributed by atoms with E-state index in [1.54, 1.807) is 6.07 Å². The molecule has 0 aliphatic heterocycles. The summed E-state index contributed by atoms with van der Waals surface area (Å²) < 4.78 is 0. The Morgan fingerprint density at radius 2 is 1.90 bits per heavy atom. The van der Waals surface area contributed by atoms with Gasteiger partial charge in [-0.05, 0) is 18.9 Å². The average Bonchev–Trinajstić information content (AvgIpc) is 2.45. The minimum absolute atomic E-state index is 0.317. The molecule has 0 radical (unpaired) electrons. The molecule has 0 aliphatic carbocycles. The van der Waals surface area contributed by atoms with Crippen molar-refractivity contribution >= 4 is 11.9 Å². The third-order valence-corrected chi connectivity index (χ3v) is 1.66. The van der Waals surface area contributed by atoms with Crippen LogP contribution in [0, 0.1) is 11.3 Å². The SMILES string of the molecule is C=C(CCCC)C(=O)O.C=CC#N.C=CC(=O)NCO. The number of nitrogens with one attached hydrogen (secondary N) is 1. The zero-order chi connectivity index (χ0) is 16.4. The summed E-state index contributed by atoms with van der Waals surface area (Å²) >= 11 is 0. The van der Waals surface area contributed by atoms with Crippen LogP contribution in [0.25, 0.3) is 0 Å². The van der Waals surface area contributed by atoms with Crippen LogP contribution in [0.3, 0.4) is 0 Å². The molecule has 0 saturated carbocycles. The van der Waals surface area contributed by atoms with E-state index >= 15 is 0 Å². The summed E-state index contributed by atoms with van der Waals surface area (Å²) in [5.74, 6) is -1.23. The van der Waals surface area contributed by atoms with E-state index in [4.69, 9.17) is 15.5 Å². The molecular formula is C14H22N2O4. The molecule has 0 fully saturated rings. The third-order valence-electron chi connectivity index (χ3n) is 1.66. The number of amides is 1. The van der Waals surface area contributed by atoms with Crippen molar-refractivity contribution in [1.82, 2.24) is 5.32 Å². The number of rotatable bonds is 6. The smallest absolute Gasteiger partial charge is 0.330 e. The van der Waals surface area contributed by atoms with Crippen molar-refractivity contribution in [2.45, 2.75) is 26.2 Å². The number of hydrogen-bond acceptors (Lipinski definition) is 4. The van der Waals surface area contributed by atoms with Crippen LogP contribution in [-0.2, 0) is 9.59 Å². The molecule has 0 rings (SSSR count). The summed E-state index contributed by atoms with van der Waals surface area (Å²) in [5.41, 5.74) is 0.317. The first kappa shape index (κ1) is 22.8. The van der Waals surface area contributed by atoms with Crippen molar-refractivity contribution in [2.75, 3.05) is 6.73 Å². The number of nitrogens with zero attached hydrogens (tertiary/aromatic N) is 1. The number of aliphatic hydroxyl groups is 1. The second-order valence-corrected chi connectivity index (χ2v) is 3.25. The number of carboxylic acids is 1. The number of carboxylic acid groups (broad SMARTS) is 1. The maximum Gasteiger partial charge on any atom is 0.330 e. The van der Waals surface area contributed by atoms with Gasteiger partial charge in [-0.3, -0.25) is 4.79 Å². The van der Waals surface area contributed by atoms with Gasteiger partial charge in [0.1, 0.15) is 6.73 Å². The maximum absolute atomic E-state index is 10.1. The first-order valence-corrected chi connectivity index (χ1v) is 5.83. The van der Waals surface area contributed by atoms with Crippen molar-refractivity contribution in [3.05, 3.63) is 37.5 Å². The molecule has 0 aromatic carbocycles. The normalized spacial score (nSPS) is 7.45. The van der Waals surface area contributed by atoms with E-state index in [2.05, 4.69) is 25.1 Å². The van der Waals surface area contributed by atoms with E-state index < -0.39 is 5.97 Å². The summed E-state index contributed by atoms with van der Waals surface area (Å²) in [6.45, 7) is 11.4. The van der Waals surface area contributed by atoms with E-state index in [1.807, 2.05) is 6.92 Å². The monoisotopic (exact) mass is 282 g/mol. The fourth-order valence-electron chi connectivity index (χ4n) is 0.647. The van der Waals surface area contributed by atoms with E-state index in [1.165, 1.54) is 6.08 Å². The predicted octanol–water partition coefficient (Wildman–Crippen LogP) is 1.75. The predicted molar refractivity (Wildman–Crippen MR) is 77.5 cm³/mol. The van der Waals surface area contributed by atoms with Gasteiger partial charge in [-0.15, -0.1) is 0 Å². The number of unbranched alkanes of at least 4 members (excludes halogenated alkanes) is 1. The molecule has 20 heavy (non-hydrogen) atoms. The molecule has 6 heteroatoms. The molecular weight excluding hydrogens is 260 g/mol. The summed E-state index contributed by atoms with van der Waals surface area (Å²) in [4.78, 5) is 20.1. The van der Waals surface area contributed by atoms with Gasteiger partial charge in [-0.1, -0.05) is 33.1 Å². The highest BCUT2D eigenvalue weighted by molar-refractivity contribution is 5.86. The number of aliphatic hydroxyl groups excluding tert-OH is 1. The third kappa shape index (κ3) is 24.7. The number of allylic oxidation sites excluding steroid dienone is 1. The molecule has 0 saturated heterocycles. The lowest BCUT2D eigenvalue weighted by Crippen LogP contribution is -2.20. The molecule has 3 N–H and O–H groups in total. The molecule has 6 nitrogen and oxygen atoms in total. The van der Waals surface area contributed by atoms with Crippen LogP contribution < -0.4 is 5.32 Å². The Morgan fingerprint density at radius 3 is 2.10 bits per heavy atom. The topological polar surface area (TPSA) is 110 Å². The fourth-order valence-corrected chi connectivity index (χ4v) is 0.647. The Bertz CT molecular complexity index is 357. The summed E-state index contributed by atoms with van der Waals surface area (Å²) in [6.07, 6.45) is 4.83. The van der Waals surface area contributed by atoms with Crippen LogP contribution in [0.5, 0.6) is 0 Å². The van der Waals surface area contributed by atoms with Gasteiger partial charge >= 0.3 is 5.97 Å². The van der Waals surface area contributed by atoms with Gasteiger partial charge in [0.05, 0.1) is 6.07 Å². The molecule has 0 aromatic rings. The van der Waals surface area contributed by atoms with Gasteiger partial charge in [0.25, 0.3) is 0 Å². The highest BCUT2D eigenvalue weighted by Crippen LogP contribution is 2.03. The van der Waals surface area contributed by atoms with Gasteiger partial charge < -0.3 is 15.5 Å². The first-order chi connectivity index (χ1) is 9.40. The second kappa shape index (κ2) is 19.0. The standard InChI is InChI=1S/C7H12O2.C4H7NO2.C3H3N/c1-3-4-5-6(2)7(8)9;1-2-4(7)5-3-6;1-2-3-4/h2-5H2,1H3,(H,8,9);2,6H,1,3H2,(H,5,7);2H,1H2. The quantitative estimate of drug-likeness (QED) is 0.390. The van der Waals surface area contributed by atoms with Crippen LogP contribution in [0.4, 0.5) is 0 Å². The van der Waals surface area contributed by atoms with Crippen molar-refractivity contribution in [3.63, 3.8) is 0 Å². The van der Waals surface area contributed by atoms with Gasteiger partial charge in [0, 0.05) is 11.6 Å². The number of nitriles is 1. The van der Waals surface area contributed by atoms with Crippen molar-refractivity contribution in [3.8, 4) is 6.07 Å². The molecule has 112 valence electrons. The molecule has 0 aliphatic rings. The Balaban J connectivity index is -0.000000234. The number of carbonyl (C=O) groups is 2. The molecule has 0 aromatic heterocycles. The largest absolute Gasteiger partial charge is 0.478 e. The van der Waals surface area contributed by atoms with Crippen molar-refractivity contribution in [1.29, 1.82) is 5.26 Å². The summed E-state index contributed by atoms with van der Waals surface area (Å²) in [5, 5.41) is 25.9. The number of aliphatic carboxylic acids is 1. The lowest BCUT2D eigenvalue weighted by atomic mass is 10.1. The average molecular weight is 282 g/mol. The van der Waals surface area contributed by atoms with Crippen LogP contribution in [-0.4, -0.2) is 28.8 Å². The molecule has 0 spiro atoms. The van der Waals surface area contributed by atoms with Crippen LogP contribution >= 0.6 is 0 Å². The zero-order valence-corrected chi connectivity index (χ0v) is 11.8. The van der Waals surface area contributed by atoms with Gasteiger partial charge in [-0.25, -0.2) is 4.79 Å². The molecule has 0 unspecified atom stereocenters. The molecule has 0 bridgehead atoms. The van der Waals surface area contributed by atoms with Crippen molar-refractivity contribution < 1.29 is 19.8 Å². The minimum Gasteiger partial charge on any atom is -0.478 e. The lowest BCUT2D eigenvalue weighted by Gasteiger charge is -1.95. The summed E-state index contributed by atoms with van der Waals surface area (Å²) in [6, 6.07) is 1.69. The Morgan fingerprint density at radius 1 is 1.40 bits per heavy atom. The zero-order valence-electron chi connectivity index (χ0n) is 11.8. The number of hydrogen-bond donors (Lipinski definition) is 3. The van der Waals surface area contributed by atoms with Crippen LogP contribution in [0.1, 0.15) is 26.2 Å². The van der Waals surface area contributed by atoms with E-state index in [9.17, 15) is 9.59 Å². The van der Waals surface area contributed by atoms with Gasteiger partial charge in [0.15, 0.2) is 0 Å². The van der Waals surface area contributed by atoms with Crippen molar-refractivity contribution in [2.24, 2.45) is 0 Å². The molecule has 1 amide bonds. The van der Waals surface area contributed by atoms with E-state index in [0.29, 0.717) is 12.0 Å². The number of carbonyl (C=O) groups excluding carboxylic acids is 1.